The van der Waals surface area contributed by atoms with Gasteiger partial charge >= 0.3 is 0 Å². The Kier molecular flexibility index (Phi) is 4.28. The number of aromatic nitrogens is 6. The van der Waals surface area contributed by atoms with Gasteiger partial charge in [0.05, 0.1) is 11.4 Å². The van der Waals surface area contributed by atoms with Crippen LogP contribution in [0.3, 0.4) is 0 Å². The van der Waals surface area contributed by atoms with Gasteiger partial charge in [0.15, 0.2) is 5.65 Å². The third-order valence-corrected chi connectivity index (χ3v) is 5.43. The molecule has 0 saturated carbocycles. The Labute approximate surface area is 173 Å². The molecule has 30 heavy (non-hydrogen) atoms. The summed E-state index contributed by atoms with van der Waals surface area (Å²) in [6.07, 6.45) is 1.89. The number of hydrogen-bond donors (Lipinski definition) is 1. The lowest BCUT2D eigenvalue weighted by atomic mass is 10.1. The van der Waals surface area contributed by atoms with Crippen molar-refractivity contribution in [2.75, 3.05) is 18.0 Å². The van der Waals surface area contributed by atoms with Crippen LogP contribution >= 0.6 is 0 Å². The molecule has 1 saturated heterocycles. The third-order valence-electron chi connectivity index (χ3n) is 5.43. The maximum atomic E-state index is 13.0. The molecular weight excluding hydrogens is 380 g/mol. The Bertz CT molecular complexity index is 1310. The van der Waals surface area contributed by atoms with E-state index in [0.29, 0.717) is 40.6 Å². The molecule has 1 aliphatic rings. The van der Waals surface area contributed by atoms with Gasteiger partial charge in [0.2, 0.25) is 0 Å². The van der Waals surface area contributed by atoms with Crippen LogP contribution in [-0.2, 0) is 0 Å². The lowest BCUT2D eigenvalue weighted by Crippen LogP contribution is -2.54. The molecule has 1 aliphatic heterocycles. The molecule has 5 heterocycles. The number of pyridine rings is 1. The lowest BCUT2D eigenvalue weighted by Gasteiger charge is -2.37. The summed E-state index contributed by atoms with van der Waals surface area (Å²) in [5.41, 5.74) is 4.25. The smallest absolute Gasteiger partial charge is 0.258 e. The summed E-state index contributed by atoms with van der Waals surface area (Å²) < 4.78 is 3.10. The van der Waals surface area contributed by atoms with E-state index in [2.05, 4.69) is 45.3 Å². The normalized spacial score (nSPS) is 19.7. The van der Waals surface area contributed by atoms with Crippen molar-refractivity contribution in [1.29, 1.82) is 0 Å². The van der Waals surface area contributed by atoms with Crippen LogP contribution in [0.4, 0.5) is 5.69 Å². The van der Waals surface area contributed by atoms with E-state index in [4.69, 9.17) is 4.98 Å². The van der Waals surface area contributed by atoms with Crippen LogP contribution in [0.5, 0.6) is 0 Å². The van der Waals surface area contributed by atoms with Gasteiger partial charge in [-0.25, -0.2) is 9.97 Å². The van der Waals surface area contributed by atoms with Crippen LogP contribution in [0.1, 0.15) is 25.2 Å². The van der Waals surface area contributed by atoms with Gasteiger partial charge in [-0.05, 0) is 51.5 Å². The highest BCUT2D eigenvalue weighted by Crippen LogP contribution is 2.22. The number of hydrogen-bond acceptors (Lipinski definition) is 7. The Morgan fingerprint density at radius 2 is 1.77 bits per heavy atom. The topological polar surface area (TPSA) is 92.7 Å². The largest absolute Gasteiger partial charge is 0.367 e. The van der Waals surface area contributed by atoms with Crippen LogP contribution in [0.15, 0.2) is 35.3 Å². The minimum atomic E-state index is -0.132. The van der Waals surface area contributed by atoms with Gasteiger partial charge in [-0.15, -0.1) is 14.8 Å². The fourth-order valence-corrected chi connectivity index (χ4v) is 4.22. The quantitative estimate of drug-likeness (QED) is 0.542. The van der Waals surface area contributed by atoms with Crippen molar-refractivity contribution in [3.8, 4) is 11.4 Å². The van der Waals surface area contributed by atoms with Crippen LogP contribution in [0.25, 0.3) is 22.7 Å². The number of aryl methyl sites for hydroxylation is 2. The summed E-state index contributed by atoms with van der Waals surface area (Å²) in [5.74, 6) is 0.645. The molecule has 0 bridgehead atoms. The molecule has 1 N–H and O–H groups in total. The zero-order valence-corrected chi connectivity index (χ0v) is 17.5. The number of rotatable bonds is 2. The highest BCUT2D eigenvalue weighted by Gasteiger charge is 2.22. The summed E-state index contributed by atoms with van der Waals surface area (Å²) in [6.45, 7) is 9.96. The second-order valence-corrected chi connectivity index (χ2v) is 8.15. The molecule has 9 nitrogen and oxygen atoms in total. The van der Waals surface area contributed by atoms with Crippen LogP contribution in [0, 0.1) is 13.8 Å². The molecule has 0 amide bonds. The van der Waals surface area contributed by atoms with Crippen molar-refractivity contribution in [1.82, 2.24) is 34.5 Å². The summed E-state index contributed by atoms with van der Waals surface area (Å²) in [5, 5.41) is 12.3. The highest BCUT2D eigenvalue weighted by molar-refractivity contribution is 5.63. The van der Waals surface area contributed by atoms with E-state index in [1.165, 1.54) is 10.7 Å². The number of piperazine rings is 1. The Balaban J connectivity index is 1.60. The van der Waals surface area contributed by atoms with Gasteiger partial charge in [-0.2, -0.15) is 0 Å². The van der Waals surface area contributed by atoms with E-state index >= 15 is 0 Å². The number of nitrogens with zero attached hydrogens (tertiary/aromatic N) is 7. The predicted molar refractivity (Wildman–Crippen MR) is 115 cm³/mol. The van der Waals surface area contributed by atoms with E-state index < -0.39 is 0 Å². The van der Waals surface area contributed by atoms with Gasteiger partial charge in [0.1, 0.15) is 17.2 Å². The summed E-state index contributed by atoms with van der Waals surface area (Å²) in [7, 11) is 0. The van der Waals surface area contributed by atoms with Crippen molar-refractivity contribution in [2.24, 2.45) is 0 Å². The lowest BCUT2D eigenvalue weighted by molar-refractivity contribution is 0.406. The summed E-state index contributed by atoms with van der Waals surface area (Å²) in [4.78, 5) is 24.3. The van der Waals surface area contributed by atoms with Crippen LogP contribution in [-0.4, -0.2) is 54.4 Å². The second-order valence-electron chi connectivity index (χ2n) is 8.15. The van der Waals surface area contributed by atoms with Crippen molar-refractivity contribution >= 4 is 17.0 Å². The fourth-order valence-electron chi connectivity index (χ4n) is 4.22. The van der Waals surface area contributed by atoms with Gasteiger partial charge < -0.3 is 10.2 Å². The van der Waals surface area contributed by atoms with Gasteiger partial charge in [0, 0.05) is 37.4 Å². The van der Waals surface area contributed by atoms with Crippen molar-refractivity contribution < 1.29 is 0 Å². The molecular formula is C21H24N8O. The third kappa shape index (κ3) is 3.21. The van der Waals surface area contributed by atoms with E-state index in [1.807, 2.05) is 32.2 Å². The maximum absolute atomic E-state index is 13.0. The first kappa shape index (κ1) is 18.7. The molecule has 4 aromatic heterocycles. The molecule has 4 aromatic rings. The minimum absolute atomic E-state index is 0.132. The van der Waals surface area contributed by atoms with Crippen molar-refractivity contribution in [3.05, 3.63) is 52.2 Å². The first-order valence-corrected chi connectivity index (χ1v) is 10.1. The van der Waals surface area contributed by atoms with Crippen LogP contribution < -0.4 is 15.8 Å². The molecule has 5 rings (SSSR count). The van der Waals surface area contributed by atoms with E-state index in [0.717, 1.165) is 24.3 Å². The Morgan fingerprint density at radius 3 is 2.53 bits per heavy atom. The van der Waals surface area contributed by atoms with Crippen LogP contribution in [0.2, 0.25) is 0 Å². The Hall–Kier alpha value is -3.33. The number of nitrogens with one attached hydrogen (secondary N) is 1. The number of fused-ring (bicyclic) bond motifs is 2. The van der Waals surface area contributed by atoms with Gasteiger partial charge in [-0.3, -0.25) is 9.20 Å². The molecule has 154 valence electrons. The minimum Gasteiger partial charge on any atom is -0.367 e. The second kappa shape index (κ2) is 6.88. The molecule has 0 spiro atoms. The van der Waals surface area contributed by atoms with Gasteiger partial charge in [0.25, 0.3) is 5.56 Å². The fraction of sp³-hybridized carbons (Fsp3) is 0.381. The highest BCUT2D eigenvalue weighted by atomic mass is 16.1. The molecule has 2 atom stereocenters. The molecule has 1 fully saturated rings. The molecule has 0 aromatic carbocycles. The van der Waals surface area contributed by atoms with Crippen molar-refractivity contribution in [3.63, 3.8) is 0 Å². The zero-order chi connectivity index (χ0) is 21.0. The SMILES string of the molecule is Cc1nc2ccc(-c3cc(=O)n4cc(N5CC(C)N[C@@H](C)C5)cc(C)c4n3)nn2n1. The maximum Gasteiger partial charge on any atom is 0.258 e. The zero-order valence-electron chi connectivity index (χ0n) is 17.5. The standard InChI is InChI=1S/C21H24N8O/c1-12-7-16(27-9-13(2)22-14(3)10-27)11-28-20(30)8-18(24-21(12)28)17-5-6-19-23-15(4)25-29(19)26-17/h5-8,11,13-14,22H,9-10H2,1-4H3/t13-,14?/m0/s1. The van der Waals surface area contributed by atoms with E-state index in [-0.39, 0.29) is 5.56 Å². The predicted octanol–water partition coefficient (Wildman–Crippen LogP) is 1.60. The number of anilines is 1. The summed E-state index contributed by atoms with van der Waals surface area (Å²) >= 11 is 0. The first-order valence-electron chi connectivity index (χ1n) is 10.1. The van der Waals surface area contributed by atoms with E-state index in [1.54, 1.807) is 4.40 Å². The molecule has 1 unspecified atom stereocenters. The molecule has 0 radical (unpaired) electrons. The Morgan fingerprint density at radius 1 is 1.00 bits per heavy atom. The van der Waals surface area contributed by atoms with Gasteiger partial charge in [-0.1, -0.05) is 0 Å². The monoisotopic (exact) mass is 404 g/mol. The summed E-state index contributed by atoms with van der Waals surface area (Å²) in [6, 6.07) is 8.06. The first-order chi connectivity index (χ1) is 14.4. The average Bonchev–Trinajstić information content (AvgIpc) is 3.06. The van der Waals surface area contributed by atoms with Crippen molar-refractivity contribution in [2.45, 2.75) is 39.8 Å². The average molecular weight is 404 g/mol. The van der Waals surface area contributed by atoms with E-state index in [9.17, 15) is 4.79 Å². The molecule has 0 aliphatic carbocycles. The molecule has 9 heteroatoms.